The molecule has 0 unspecified atom stereocenters. The molecule has 1 saturated heterocycles. The average Bonchev–Trinajstić information content (AvgIpc) is 2.28. The maximum absolute atomic E-state index is 5.93. The SMILES string of the molecule is C=Cc1nc(Cl)cc(N2CCO[C@@H](C)C2)n1. The summed E-state index contributed by atoms with van der Waals surface area (Å²) in [7, 11) is 0. The number of aromatic nitrogens is 2. The predicted octanol–water partition coefficient (Wildman–Crippen LogP) is 2.00. The minimum atomic E-state index is 0.217. The maximum atomic E-state index is 5.93. The lowest BCUT2D eigenvalue weighted by atomic mass is 10.3. The minimum Gasteiger partial charge on any atom is -0.375 e. The molecule has 0 N–H and O–H groups in total. The monoisotopic (exact) mass is 239 g/mol. The summed E-state index contributed by atoms with van der Waals surface area (Å²) in [4.78, 5) is 10.6. The Labute approximate surface area is 99.9 Å². The Hall–Kier alpha value is -1.13. The third-order valence-corrected chi connectivity index (χ3v) is 2.64. The standard InChI is InChI=1S/C11H14ClN3O/c1-3-10-13-9(12)6-11(14-10)15-4-5-16-8(2)7-15/h3,6,8H,1,4-5,7H2,2H3/t8-/m0/s1. The second-order valence-electron chi connectivity index (χ2n) is 3.74. The molecule has 5 heteroatoms. The summed E-state index contributed by atoms with van der Waals surface area (Å²) in [6, 6.07) is 1.77. The normalized spacial score (nSPS) is 20.9. The Morgan fingerprint density at radius 2 is 2.44 bits per heavy atom. The van der Waals surface area contributed by atoms with Crippen LogP contribution in [0.4, 0.5) is 5.82 Å². The number of rotatable bonds is 2. The summed E-state index contributed by atoms with van der Waals surface area (Å²) in [6.45, 7) is 8.06. The molecule has 2 heterocycles. The van der Waals surface area contributed by atoms with Gasteiger partial charge >= 0.3 is 0 Å². The van der Waals surface area contributed by atoms with Crippen molar-refractivity contribution in [3.05, 3.63) is 23.6 Å². The number of nitrogens with zero attached hydrogens (tertiary/aromatic N) is 3. The van der Waals surface area contributed by atoms with E-state index in [0.717, 1.165) is 18.9 Å². The van der Waals surface area contributed by atoms with Crippen LogP contribution in [0.1, 0.15) is 12.7 Å². The first-order valence-electron chi connectivity index (χ1n) is 5.22. The van der Waals surface area contributed by atoms with Gasteiger partial charge in [0.25, 0.3) is 0 Å². The number of halogens is 1. The van der Waals surface area contributed by atoms with E-state index in [9.17, 15) is 0 Å². The van der Waals surface area contributed by atoms with E-state index in [1.54, 1.807) is 12.1 Å². The van der Waals surface area contributed by atoms with E-state index in [0.29, 0.717) is 17.6 Å². The Balaban J connectivity index is 2.24. The smallest absolute Gasteiger partial charge is 0.155 e. The van der Waals surface area contributed by atoms with E-state index in [1.165, 1.54) is 0 Å². The molecule has 86 valence electrons. The second kappa shape index (κ2) is 4.80. The average molecular weight is 240 g/mol. The van der Waals surface area contributed by atoms with E-state index in [-0.39, 0.29) is 6.10 Å². The molecule has 1 fully saturated rings. The highest BCUT2D eigenvalue weighted by molar-refractivity contribution is 6.29. The zero-order chi connectivity index (χ0) is 11.5. The number of ether oxygens (including phenoxy) is 1. The number of anilines is 1. The van der Waals surface area contributed by atoms with Crippen molar-refractivity contribution in [2.45, 2.75) is 13.0 Å². The van der Waals surface area contributed by atoms with Crippen LogP contribution in [-0.4, -0.2) is 35.8 Å². The summed E-state index contributed by atoms with van der Waals surface area (Å²) in [6.07, 6.45) is 1.81. The Morgan fingerprint density at radius 3 is 3.12 bits per heavy atom. The molecule has 0 radical (unpaired) electrons. The zero-order valence-electron chi connectivity index (χ0n) is 9.19. The highest BCUT2D eigenvalue weighted by Crippen LogP contribution is 2.19. The molecule has 0 amide bonds. The number of hydrogen-bond donors (Lipinski definition) is 0. The summed E-state index contributed by atoms with van der Waals surface area (Å²) < 4.78 is 5.48. The van der Waals surface area contributed by atoms with Crippen molar-refractivity contribution < 1.29 is 4.74 Å². The van der Waals surface area contributed by atoms with Crippen molar-refractivity contribution in [3.63, 3.8) is 0 Å². The Morgan fingerprint density at radius 1 is 1.62 bits per heavy atom. The van der Waals surface area contributed by atoms with Gasteiger partial charge in [-0.25, -0.2) is 9.97 Å². The van der Waals surface area contributed by atoms with Crippen molar-refractivity contribution in [3.8, 4) is 0 Å². The lowest BCUT2D eigenvalue weighted by Crippen LogP contribution is -2.41. The fraction of sp³-hybridized carbons (Fsp3) is 0.455. The summed E-state index contributed by atoms with van der Waals surface area (Å²) in [5, 5.41) is 0.444. The molecule has 1 aromatic heterocycles. The van der Waals surface area contributed by atoms with Crippen molar-refractivity contribution in [1.82, 2.24) is 9.97 Å². The first-order chi connectivity index (χ1) is 7.69. The van der Waals surface area contributed by atoms with Crippen molar-refractivity contribution in [2.75, 3.05) is 24.6 Å². The molecule has 16 heavy (non-hydrogen) atoms. The second-order valence-corrected chi connectivity index (χ2v) is 4.13. The molecule has 4 nitrogen and oxygen atoms in total. The summed E-state index contributed by atoms with van der Waals surface area (Å²) in [5.41, 5.74) is 0. The summed E-state index contributed by atoms with van der Waals surface area (Å²) in [5.74, 6) is 1.40. The first-order valence-corrected chi connectivity index (χ1v) is 5.60. The van der Waals surface area contributed by atoms with Crippen molar-refractivity contribution in [2.24, 2.45) is 0 Å². The molecule has 1 aromatic rings. The van der Waals surface area contributed by atoms with Crippen molar-refractivity contribution in [1.29, 1.82) is 0 Å². The van der Waals surface area contributed by atoms with Crippen LogP contribution in [0.15, 0.2) is 12.6 Å². The molecule has 1 aliphatic heterocycles. The van der Waals surface area contributed by atoms with Gasteiger partial charge in [0, 0.05) is 19.2 Å². The van der Waals surface area contributed by atoms with E-state index in [4.69, 9.17) is 16.3 Å². The Kier molecular flexibility index (Phi) is 3.41. The molecular formula is C11H14ClN3O. The Bertz CT molecular complexity index is 397. The fourth-order valence-corrected chi connectivity index (χ4v) is 1.89. The predicted molar refractivity (Wildman–Crippen MR) is 64.8 cm³/mol. The molecule has 0 aliphatic carbocycles. The van der Waals surface area contributed by atoms with Gasteiger partial charge in [-0.1, -0.05) is 18.2 Å². The van der Waals surface area contributed by atoms with Gasteiger partial charge in [0.2, 0.25) is 0 Å². The lowest BCUT2D eigenvalue weighted by molar-refractivity contribution is 0.0529. The van der Waals surface area contributed by atoms with Crippen LogP contribution in [0.5, 0.6) is 0 Å². The highest BCUT2D eigenvalue weighted by atomic mass is 35.5. The van der Waals surface area contributed by atoms with E-state index in [1.807, 2.05) is 6.92 Å². The molecule has 2 rings (SSSR count). The van der Waals surface area contributed by atoms with Crippen LogP contribution in [0, 0.1) is 0 Å². The zero-order valence-corrected chi connectivity index (χ0v) is 9.94. The van der Waals surface area contributed by atoms with E-state index < -0.39 is 0 Å². The quantitative estimate of drug-likeness (QED) is 0.740. The maximum Gasteiger partial charge on any atom is 0.155 e. The molecule has 0 spiro atoms. The van der Waals surface area contributed by atoms with Crippen LogP contribution >= 0.6 is 11.6 Å². The third-order valence-electron chi connectivity index (χ3n) is 2.45. The highest BCUT2D eigenvalue weighted by Gasteiger charge is 2.18. The van der Waals surface area contributed by atoms with Gasteiger partial charge in [0.05, 0.1) is 12.7 Å². The lowest BCUT2D eigenvalue weighted by Gasteiger charge is -2.32. The molecule has 0 saturated carbocycles. The minimum absolute atomic E-state index is 0.217. The summed E-state index contributed by atoms with van der Waals surface area (Å²) >= 11 is 5.93. The van der Waals surface area contributed by atoms with Crippen LogP contribution in [0.3, 0.4) is 0 Å². The first kappa shape index (κ1) is 11.4. The van der Waals surface area contributed by atoms with Gasteiger partial charge in [-0.3, -0.25) is 0 Å². The van der Waals surface area contributed by atoms with Crippen LogP contribution in [-0.2, 0) is 4.74 Å². The van der Waals surface area contributed by atoms with E-state index >= 15 is 0 Å². The van der Waals surface area contributed by atoms with Crippen LogP contribution < -0.4 is 4.90 Å². The molecule has 1 atom stereocenters. The largest absolute Gasteiger partial charge is 0.375 e. The van der Waals surface area contributed by atoms with Gasteiger partial charge < -0.3 is 9.64 Å². The number of hydrogen-bond acceptors (Lipinski definition) is 4. The topological polar surface area (TPSA) is 38.2 Å². The number of morpholine rings is 1. The van der Waals surface area contributed by atoms with Gasteiger partial charge in [-0.2, -0.15) is 0 Å². The van der Waals surface area contributed by atoms with Crippen LogP contribution in [0.25, 0.3) is 6.08 Å². The van der Waals surface area contributed by atoms with Crippen LogP contribution in [0.2, 0.25) is 5.15 Å². The van der Waals surface area contributed by atoms with Gasteiger partial charge in [0.15, 0.2) is 5.82 Å². The molecule has 1 aliphatic rings. The van der Waals surface area contributed by atoms with Gasteiger partial charge in [-0.15, -0.1) is 0 Å². The third kappa shape index (κ3) is 2.51. The van der Waals surface area contributed by atoms with E-state index in [2.05, 4.69) is 21.4 Å². The molecule has 0 bridgehead atoms. The molecule has 0 aromatic carbocycles. The van der Waals surface area contributed by atoms with Gasteiger partial charge in [0.1, 0.15) is 11.0 Å². The van der Waals surface area contributed by atoms with Crippen molar-refractivity contribution >= 4 is 23.5 Å². The fourth-order valence-electron chi connectivity index (χ4n) is 1.70. The molecular weight excluding hydrogens is 226 g/mol. The van der Waals surface area contributed by atoms with Gasteiger partial charge in [-0.05, 0) is 13.0 Å².